The zero-order valence-corrected chi connectivity index (χ0v) is 14.5. The van der Waals surface area contributed by atoms with Crippen molar-refractivity contribution in [3.8, 4) is 0 Å². The van der Waals surface area contributed by atoms with Crippen LogP contribution in [0.25, 0.3) is 0 Å². The van der Waals surface area contributed by atoms with E-state index in [1.165, 1.54) is 18.4 Å². The van der Waals surface area contributed by atoms with E-state index in [1.54, 1.807) is 26.8 Å². The first-order valence-corrected chi connectivity index (χ1v) is 7.58. The maximum atomic E-state index is 12.0. The van der Waals surface area contributed by atoms with Gasteiger partial charge in [0.15, 0.2) is 6.04 Å². The third-order valence-electron chi connectivity index (χ3n) is 2.45. The van der Waals surface area contributed by atoms with Gasteiger partial charge in [0.25, 0.3) is 0 Å². The lowest BCUT2D eigenvalue weighted by Gasteiger charge is -2.28. The minimum Gasteiger partial charge on any atom is -0.479 e. The molecular formula is C13H18BrNO4S. The van der Waals surface area contributed by atoms with E-state index in [2.05, 4.69) is 15.9 Å². The Balaban J connectivity index is 3.02. The summed E-state index contributed by atoms with van der Waals surface area (Å²) in [4.78, 5) is 26.1. The lowest BCUT2D eigenvalue weighted by Crippen LogP contribution is -2.39. The van der Waals surface area contributed by atoms with E-state index < -0.39 is 23.7 Å². The Morgan fingerprint density at radius 1 is 1.45 bits per heavy atom. The molecule has 0 saturated carbocycles. The van der Waals surface area contributed by atoms with Crippen LogP contribution in [0.15, 0.2) is 10.5 Å². The molecule has 0 aliphatic rings. The fourth-order valence-corrected chi connectivity index (χ4v) is 3.23. The second-order valence-electron chi connectivity index (χ2n) is 5.38. The Hall–Kier alpha value is -1.08. The molecule has 1 aromatic rings. The van der Waals surface area contributed by atoms with E-state index in [1.807, 2.05) is 6.92 Å². The SMILES string of the molecule is Cc1sc(C(C(=O)O)N(C)C(=O)OC(C)(C)C)cc1Br. The van der Waals surface area contributed by atoms with E-state index in [9.17, 15) is 14.7 Å². The molecule has 5 nitrogen and oxygen atoms in total. The van der Waals surface area contributed by atoms with Gasteiger partial charge in [-0.1, -0.05) is 0 Å². The zero-order valence-electron chi connectivity index (χ0n) is 12.1. The lowest BCUT2D eigenvalue weighted by molar-refractivity contribution is -0.142. The number of aryl methyl sites for hydroxylation is 1. The number of likely N-dealkylation sites (N-methyl/N-ethyl adjacent to an activating group) is 1. The molecule has 0 radical (unpaired) electrons. The topological polar surface area (TPSA) is 66.8 Å². The van der Waals surface area contributed by atoms with Crippen molar-refractivity contribution in [1.82, 2.24) is 4.90 Å². The van der Waals surface area contributed by atoms with Gasteiger partial charge < -0.3 is 9.84 Å². The molecule has 1 aromatic heterocycles. The van der Waals surface area contributed by atoms with Crippen LogP contribution < -0.4 is 0 Å². The van der Waals surface area contributed by atoms with Crippen LogP contribution in [-0.4, -0.2) is 34.7 Å². The van der Waals surface area contributed by atoms with Crippen molar-refractivity contribution in [3.63, 3.8) is 0 Å². The fraction of sp³-hybridized carbons (Fsp3) is 0.538. The van der Waals surface area contributed by atoms with Gasteiger partial charge in [0, 0.05) is 21.3 Å². The third kappa shape index (κ3) is 4.21. The Morgan fingerprint density at radius 3 is 2.35 bits per heavy atom. The van der Waals surface area contributed by atoms with Crippen LogP contribution in [-0.2, 0) is 9.53 Å². The predicted molar refractivity (Wildman–Crippen MR) is 81.1 cm³/mol. The number of hydrogen-bond acceptors (Lipinski definition) is 4. The Kier molecular flexibility index (Phi) is 5.21. The molecule has 0 aliphatic heterocycles. The summed E-state index contributed by atoms with van der Waals surface area (Å²) in [6.07, 6.45) is -0.660. The first-order valence-electron chi connectivity index (χ1n) is 5.97. The van der Waals surface area contributed by atoms with Crippen molar-refractivity contribution in [1.29, 1.82) is 0 Å². The number of nitrogens with zero attached hydrogens (tertiary/aromatic N) is 1. The first-order chi connectivity index (χ1) is 9.03. The number of hydrogen-bond donors (Lipinski definition) is 1. The highest BCUT2D eigenvalue weighted by Crippen LogP contribution is 2.33. The van der Waals surface area contributed by atoms with Gasteiger partial charge in [0.2, 0.25) is 0 Å². The van der Waals surface area contributed by atoms with Gasteiger partial charge in [0.1, 0.15) is 5.60 Å². The Bertz CT molecular complexity index is 501. The van der Waals surface area contributed by atoms with E-state index >= 15 is 0 Å². The maximum Gasteiger partial charge on any atom is 0.411 e. The second-order valence-corrected chi connectivity index (χ2v) is 7.53. The van der Waals surface area contributed by atoms with Gasteiger partial charge in [-0.3, -0.25) is 4.90 Å². The molecular weight excluding hydrogens is 346 g/mol. The lowest BCUT2D eigenvalue weighted by atomic mass is 10.2. The molecule has 1 N–H and O–H groups in total. The summed E-state index contributed by atoms with van der Waals surface area (Å²) in [6, 6.07) is 0.666. The standard InChI is InChI=1S/C13H18BrNO4S/c1-7-8(14)6-9(20-7)10(11(16)17)15(5)12(18)19-13(2,3)4/h6,10H,1-5H3,(H,16,17). The number of carboxylic acid groups (broad SMARTS) is 1. The number of carbonyl (C=O) groups excluding carboxylic acids is 1. The first kappa shape index (κ1) is 17.0. The summed E-state index contributed by atoms with van der Waals surface area (Å²) in [7, 11) is 1.43. The Labute approximate surface area is 130 Å². The molecule has 0 aromatic carbocycles. The third-order valence-corrected chi connectivity index (χ3v) is 4.64. The molecule has 1 unspecified atom stereocenters. The van der Waals surface area contributed by atoms with Gasteiger partial charge in [0.05, 0.1) is 0 Å². The van der Waals surface area contributed by atoms with Crippen LogP contribution in [0.5, 0.6) is 0 Å². The summed E-state index contributed by atoms with van der Waals surface area (Å²) in [5.41, 5.74) is -0.666. The van der Waals surface area contributed by atoms with E-state index in [-0.39, 0.29) is 0 Å². The van der Waals surface area contributed by atoms with Crippen LogP contribution in [0.1, 0.15) is 36.6 Å². The predicted octanol–water partition coefficient (Wildman–Crippen LogP) is 3.81. The number of rotatable bonds is 3. The summed E-state index contributed by atoms with van der Waals surface area (Å²) in [5.74, 6) is -1.09. The summed E-state index contributed by atoms with van der Waals surface area (Å²) in [5, 5.41) is 9.39. The number of aliphatic carboxylic acids is 1. The number of halogens is 1. The molecule has 112 valence electrons. The molecule has 1 amide bonds. The van der Waals surface area contributed by atoms with Gasteiger partial charge in [-0.15, -0.1) is 11.3 Å². The average molecular weight is 364 g/mol. The van der Waals surface area contributed by atoms with Crippen LogP contribution in [0, 0.1) is 6.92 Å². The van der Waals surface area contributed by atoms with Crippen molar-refractivity contribution < 1.29 is 19.4 Å². The monoisotopic (exact) mass is 363 g/mol. The van der Waals surface area contributed by atoms with Crippen molar-refractivity contribution in [2.45, 2.75) is 39.3 Å². The van der Waals surface area contributed by atoms with Gasteiger partial charge >= 0.3 is 12.1 Å². The van der Waals surface area contributed by atoms with Crippen LogP contribution in [0.4, 0.5) is 4.79 Å². The minimum atomic E-state index is -1.09. The number of ether oxygens (including phenoxy) is 1. The molecule has 0 bridgehead atoms. The molecule has 1 atom stereocenters. The van der Waals surface area contributed by atoms with Gasteiger partial charge in [-0.25, -0.2) is 9.59 Å². The van der Waals surface area contributed by atoms with Crippen LogP contribution >= 0.6 is 27.3 Å². The highest BCUT2D eigenvalue weighted by atomic mass is 79.9. The van der Waals surface area contributed by atoms with E-state index in [4.69, 9.17) is 4.74 Å². The summed E-state index contributed by atoms with van der Waals surface area (Å²) >= 11 is 4.69. The quantitative estimate of drug-likeness (QED) is 0.886. The van der Waals surface area contributed by atoms with Gasteiger partial charge in [-0.2, -0.15) is 0 Å². The molecule has 1 rings (SSSR count). The summed E-state index contributed by atoms with van der Waals surface area (Å²) in [6.45, 7) is 7.09. The normalized spacial score (nSPS) is 12.9. The van der Waals surface area contributed by atoms with Crippen molar-refractivity contribution in [2.24, 2.45) is 0 Å². The van der Waals surface area contributed by atoms with Crippen molar-refractivity contribution >= 4 is 39.3 Å². The number of thiophene rings is 1. The van der Waals surface area contributed by atoms with E-state index in [0.29, 0.717) is 4.88 Å². The molecule has 1 heterocycles. The smallest absolute Gasteiger partial charge is 0.411 e. The highest BCUT2D eigenvalue weighted by Gasteiger charge is 2.32. The molecule has 20 heavy (non-hydrogen) atoms. The molecule has 0 fully saturated rings. The van der Waals surface area contributed by atoms with Gasteiger partial charge in [-0.05, 0) is 49.7 Å². The number of carbonyl (C=O) groups is 2. The number of carboxylic acids is 1. The van der Waals surface area contributed by atoms with Crippen LogP contribution in [0.2, 0.25) is 0 Å². The molecule has 0 spiro atoms. The maximum absolute atomic E-state index is 12.0. The highest BCUT2D eigenvalue weighted by molar-refractivity contribution is 9.10. The van der Waals surface area contributed by atoms with Crippen molar-refractivity contribution in [3.05, 3.63) is 20.3 Å². The summed E-state index contributed by atoms with van der Waals surface area (Å²) < 4.78 is 6.04. The minimum absolute atomic E-state index is 0.579. The molecule has 0 aliphatic carbocycles. The second kappa shape index (κ2) is 6.13. The zero-order chi connectivity index (χ0) is 15.7. The van der Waals surface area contributed by atoms with E-state index in [0.717, 1.165) is 14.2 Å². The molecule has 0 saturated heterocycles. The van der Waals surface area contributed by atoms with Crippen molar-refractivity contribution in [2.75, 3.05) is 7.05 Å². The molecule has 7 heteroatoms. The average Bonchev–Trinajstić information content (AvgIpc) is 2.55. The Morgan fingerprint density at radius 2 is 2.00 bits per heavy atom. The van der Waals surface area contributed by atoms with Crippen LogP contribution in [0.3, 0.4) is 0 Å². The fourth-order valence-electron chi connectivity index (χ4n) is 1.53. The number of amides is 1. The largest absolute Gasteiger partial charge is 0.479 e.